The minimum atomic E-state index is -0.211. The van der Waals surface area contributed by atoms with Gasteiger partial charge in [-0.2, -0.15) is 0 Å². The van der Waals surface area contributed by atoms with Crippen LogP contribution in [0.15, 0.2) is 24.4 Å². The van der Waals surface area contributed by atoms with E-state index < -0.39 is 0 Å². The first-order chi connectivity index (χ1) is 15.7. The van der Waals surface area contributed by atoms with Crippen LogP contribution in [0.3, 0.4) is 0 Å². The predicted octanol–water partition coefficient (Wildman–Crippen LogP) is 3.43. The molecule has 0 spiro atoms. The molecule has 2 aromatic rings. The van der Waals surface area contributed by atoms with Gasteiger partial charge in [-0.05, 0) is 63.3 Å². The van der Waals surface area contributed by atoms with Gasteiger partial charge in [-0.15, -0.1) is 11.3 Å². The number of amides is 1. The van der Waals surface area contributed by atoms with Crippen molar-refractivity contribution >= 4 is 28.4 Å². The molecule has 0 aromatic carbocycles. The molecule has 4 aliphatic rings. The molecule has 9 heteroatoms. The van der Waals surface area contributed by atoms with Gasteiger partial charge in [0.1, 0.15) is 0 Å². The highest BCUT2D eigenvalue weighted by Crippen LogP contribution is 2.34. The minimum absolute atomic E-state index is 0.211. The van der Waals surface area contributed by atoms with Crippen LogP contribution in [0, 0.1) is 5.92 Å². The third-order valence-electron chi connectivity index (χ3n) is 6.76. The normalized spacial score (nSPS) is 25.5. The largest absolute Gasteiger partial charge is 0.450 e. The molecule has 2 unspecified atom stereocenters. The third kappa shape index (κ3) is 4.83. The Morgan fingerprint density at radius 3 is 2.88 bits per heavy atom. The standard InChI is InChI=1S/C23H32N6O2S/c1-2-31-23(30)29-11-9-28(10-12-29)21-6-5-20(32-21)19-7-8-24-22(27-19)26-18-13-16-3-4-17(14-18)25-15-16/h5-8,16-18,25H,2-4,9-15H2,1H3,(H,24,26,27)/t16?,17?,18-/m1/s1. The van der Waals surface area contributed by atoms with Crippen LogP contribution < -0.4 is 15.5 Å². The topological polar surface area (TPSA) is 82.6 Å². The highest BCUT2D eigenvalue weighted by atomic mass is 32.1. The fourth-order valence-electron chi connectivity index (χ4n) is 5.04. The molecule has 1 aliphatic carbocycles. The molecule has 3 saturated heterocycles. The average Bonchev–Trinajstić information content (AvgIpc) is 3.14. The van der Waals surface area contributed by atoms with Gasteiger partial charge in [0, 0.05) is 44.5 Å². The lowest BCUT2D eigenvalue weighted by molar-refractivity contribution is 0.105. The first kappa shape index (κ1) is 21.5. The Labute approximate surface area is 193 Å². The molecule has 1 amide bonds. The van der Waals surface area contributed by atoms with Crippen LogP contribution in [-0.2, 0) is 4.74 Å². The van der Waals surface area contributed by atoms with Crippen molar-refractivity contribution in [2.24, 2.45) is 5.92 Å². The van der Waals surface area contributed by atoms with Gasteiger partial charge in [0.25, 0.3) is 0 Å². The summed E-state index contributed by atoms with van der Waals surface area (Å²) in [6.45, 7) is 6.41. The summed E-state index contributed by atoms with van der Waals surface area (Å²) in [4.78, 5) is 26.5. The van der Waals surface area contributed by atoms with E-state index in [0.717, 1.165) is 48.5 Å². The maximum absolute atomic E-state index is 11.9. The number of nitrogens with zero attached hydrogens (tertiary/aromatic N) is 4. The highest BCUT2D eigenvalue weighted by Gasteiger charge is 2.30. The number of ether oxygens (including phenoxy) is 1. The number of anilines is 2. The molecule has 2 N–H and O–H groups in total. The molecule has 4 fully saturated rings. The minimum Gasteiger partial charge on any atom is -0.450 e. The van der Waals surface area contributed by atoms with Crippen LogP contribution in [-0.4, -0.2) is 72.4 Å². The van der Waals surface area contributed by atoms with Gasteiger partial charge in [0.05, 0.1) is 22.2 Å². The van der Waals surface area contributed by atoms with Crippen molar-refractivity contribution in [1.82, 2.24) is 20.2 Å². The number of piperidine rings is 1. The highest BCUT2D eigenvalue weighted by molar-refractivity contribution is 7.19. The van der Waals surface area contributed by atoms with E-state index >= 15 is 0 Å². The van der Waals surface area contributed by atoms with E-state index in [2.05, 4.69) is 32.7 Å². The molecule has 3 atom stereocenters. The van der Waals surface area contributed by atoms with Gasteiger partial charge >= 0.3 is 6.09 Å². The summed E-state index contributed by atoms with van der Waals surface area (Å²) in [5.74, 6) is 1.49. The molecule has 2 aromatic heterocycles. The van der Waals surface area contributed by atoms with Crippen LogP contribution >= 0.6 is 11.3 Å². The molecule has 8 nitrogen and oxygen atoms in total. The van der Waals surface area contributed by atoms with Gasteiger partial charge in [-0.3, -0.25) is 0 Å². The smallest absolute Gasteiger partial charge is 0.409 e. The molecule has 2 bridgehead atoms. The molecule has 1 saturated carbocycles. The van der Waals surface area contributed by atoms with Crippen molar-refractivity contribution in [3.63, 3.8) is 0 Å². The summed E-state index contributed by atoms with van der Waals surface area (Å²) < 4.78 is 5.12. The van der Waals surface area contributed by atoms with Crippen molar-refractivity contribution in [1.29, 1.82) is 0 Å². The predicted molar refractivity (Wildman–Crippen MR) is 127 cm³/mol. The van der Waals surface area contributed by atoms with Crippen LogP contribution in [0.5, 0.6) is 0 Å². The molecular weight excluding hydrogens is 424 g/mol. The van der Waals surface area contributed by atoms with E-state index in [1.807, 2.05) is 19.2 Å². The van der Waals surface area contributed by atoms with Gasteiger partial charge in [0.15, 0.2) is 0 Å². The Balaban J connectivity index is 1.22. The van der Waals surface area contributed by atoms with E-state index in [4.69, 9.17) is 9.72 Å². The molecule has 3 aliphatic heterocycles. The van der Waals surface area contributed by atoms with Gasteiger partial charge in [-0.1, -0.05) is 0 Å². The fraction of sp³-hybridized carbons (Fsp3) is 0.609. The quantitative estimate of drug-likeness (QED) is 0.713. The van der Waals surface area contributed by atoms with Crippen LogP contribution in [0.4, 0.5) is 15.7 Å². The van der Waals surface area contributed by atoms with Crippen molar-refractivity contribution in [3.8, 4) is 10.6 Å². The van der Waals surface area contributed by atoms with Gasteiger partial charge in [0.2, 0.25) is 5.95 Å². The first-order valence-electron chi connectivity index (χ1n) is 11.8. The summed E-state index contributed by atoms with van der Waals surface area (Å²) in [6.07, 6.45) is 6.60. The van der Waals surface area contributed by atoms with Gasteiger partial charge in [-0.25, -0.2) is 14.8 Å². The summed E-state index contributed by atoms with van der Waals surface area (Å²) in [6, 6.07) is 7.34. The monoisotopic (exact) mass is 456 g/mol. The molecule has 0 radical (unpaired) electrons. The van der Waals surface area contributed by atoms with Crippen LogP contribution in [0.25, 0.3) is 10.6 Å². The third-order valence-corrected chi connectivity index (χ3v) is 7.92. The summed E-state index contributed by atoms with van der Waals surface area (Å²) >= 11 is 1.74. The van der Waals surface area contributed by atoms with Crippen LogP contribution in [0.1, 0.15) is 32.6 Å². The number of aromatic nitrogens is 2. The molecule has 32 heavy (non-hydrogen) atoms. The molecule has 6 rings (SSSR count). The summed E-state index contributed by atoms with van der Waals surface area (Å²) in [5.41, 5.74) is 0.957. The maximum Gasteiger partial charge on any atom is 0.409 e. The van der Waals surface area contributed by atoms with Crippen molar-refractivity contribution in [3.05, 3.63) is 24.4 Å². The number of nitrogens with one attached hydrogen (secondary N) is 2. The SMILES string of the molecule is CCOC(=O)N1CCN(c2ccc(-c3ccnc(N[C@@H]4CC5CCC(C4)NC5)n3)s2)CC1. The van der Waals surface area contributed by atoms with Gasteiger partial charge < -0.3 is 25.2 Å². The summed E-state index contributed by atoms with van der Waals surface area (Å²) in [7, 11) is 0. The van der Waals surface area contributed by atoms with Crippen molar-refractivity contribution in [2.75, 3.05) is 49.5 Å². The Morgan fingerprint density at radius 1 is 1.22 bits per heavy atom. The zero-order valence-corrected chi connectivity index (χ0v) is 19.4. The lowest BCUT2D eigenvalue weighted by Gasteiger charge is -2.34. The summed E-state index contributed by atoms with van der Waals surface area (Å²) in [5, 5.41) is 8.49. The average molecular weight is 457 g/mol. The van der Waals surface area contributed by atoms with E-state index in [1.165, 1.54) is 24.3 Å². The number of hydrogen-bond acceptors (Lipinski definition) is 8. The Morgan fingerprint density at radius 2 is 2.09 bits per heavy atom. The second-order valence-corrected chi connectivity index (χ2v) is 10.00. The van der Waals surface area contributed by atoms with E-state index in [1.54, 1.807) is 16.2 Å². The van der Waals surface area contributed by atoms with E-state index in [-0.39, 0.29) is 6.09 Å². The zero-order chi connectivity index (χ0) is 21.9. The first-order valence-corrected chi connectivity index (χ1v) is 12.6. The lowest BCUT2D eigenvalue weighted by Crippen LogP contribution is -2.48. The second-order valence-electron chi connectivity index (χ2n) is 8.94. The van der Waals surface area contributed by atoms with E-state index in [0.29, 0.717) is 31.8 Å². The molecule has 5 heterocycles. The fourth-order valence-corrected chi connectivity index (χ4v) is 6.07. The number of rotatable bonds is 5. The maximum atomic E-state index is 11.9. The number of carbonyl (C=O) groups is 1. The molecule has 172 valence electrons. The second kappa shape index (κ2) is 9.62. The van der Waals surface area contributed by atoms with Crippen molar-refractivity contribution in [2.45, 2.75) is 44.7 Å². The number of piperazine rings is 1. The Bertz CT molecular complexity index is 907. The number of fused-ring (bicyclic) bond motifs is 4. The number of carbonyl (C=O) groups excluding carboxylic acids is 1. The Kier molecular flexibility index (Phi) is 6.45. The van der Waals surface area contributed by atoms with Crippen LogP contribution in [0.2, 0.25) is 0 Å². The lowest BCUT2D eigenvalue weighted by atomic mass is 9.96. The zero-order valence-electron chi connectivity index (χ0n) is 18.6. The van der Waals surface area contributed by atoms with Crippen molar-refractivity contribution < 1.29 is 9.53 Å². The van der Waals surface area contributed by atoms with E-state index in [9.17, 15) is 4.79 Å². The number of thiophene rings is 1. The number of hydrogen-bond donors (Lipinski definition) is 2. The Hall–Kier alpha value is -2.39. The molecular formula is C23H32N6O2S.